The molecule has 136 valence electrons. The van der Waals surface area contributed by atoms with E-state index in [9.17, 15) is 14.0 Å². The molecule has 0 unspecified atom stereocenters. The summed E-state index contributed by atoms with van der Waals surface area (Å²) >= 11 is 0. The van der Waals surface area contributed by atoms with Gasteiger partial charge < -0.3 is 15.0 Å². The molecule has 0 bridgehead atoms. The number of halogens is 1. The van der Waals surface area contributed by atoms with Gasteiger partial charge in [-0.2, -0.15) is 0 Å². The number of para-hydroxylation sites is 1. The van der Waals surface area contributed by atoms with E-state index in [1.807, 2.05) is 30.0 Å². The number of amides is 2. The largest absolute Gasteiger partial charge is 0.481 e. The second-order valence-corrected chi connectivity index (χ2v) is 6.17. The van der Waals surface area contributed by atoms with Gasteiger partial charge in [0.1, 0.15) is 0 Å². The molecule has 2 aromatic carbocycles. The van der Waals surface area contributed by atoms with Crippen LogP contribution in [0.25, 0.3) is 0 Å². The van der Waals surface area contributed by atoms with Gasteiger partial charge in [0.15, 0.2) is 18.2 Å². The molecule has 6 heteroatoms. The Morgan fingerprint density at radius 3 is 2.77 bits per heavy atom. The van der Waals surface area contributed by atoms with Crippen LogP contribution in [-0.4, -0.2) is 29.9 Å². The summed E-state index contributed by atoms with van der Waals surface area (Å²) in [6, 6.07) is 11.6. The molecule has 0 atom stereocenters. The Kier molecular flexibility index (Phi) is 5.51. The van der Waals surface area contributed by atoms with Crippen molar-refractivity contribution in [3.8, 4) is 5.75 Å². The van der Waals surface area contributed by atoms with Crippen molar-refractivity contribution in [3.05, 3.63) is 59.4 Å². The minimum Gasteiger partial charge on any atom is -0.481 e. The van der Waals surface area contributed by atoms with Crippen LogP contribution in [0.15, 0.2) is 42.5 Å². The Bertz CT molecular complexity index is 822. The highest BCUT2D eigenvalue weighted by Gasteiger charge is 2.20. The fourth-order valence-electron chi connectivity index (χ4n) is 2.97. The fraction of sp³-hybridized carbons (Fsp3) is 0.300. The quantitative estimate of drug-likeness (QED) is 0.895. The summed E-state index contributed by atoms with van der Waals surface area (Å²) < 4.78 is 18.7. The average molecular weight is 356 g/mol. The predicted molar refractivity (Wildman–Crippen MR) is 96.4 cm³/mol. The van der Waals surface area contributed by atoms with Gasteiger partial charge in [-0.1, -0.05) is 25.1 Å². The Balaban J connectivity index is 1.61. The molecule has 5 nitrogen and oxygen atoms in total. The fourth-order valence-corrected chi connectivity index (χ4v) is 2.97. The minimum atomic E-state index is -0.505. The highest BCUT2D eigenvalue weighted by Crippen LogP contribution is 2.23. The summed E-state index contributed by atoms with van der Waals surface area (Å²) in [7, 11) is 0. The average Bonchev–Trinajstić information content (AvgIpc) is 2.66. The van der Waals surface area contributed by atoms with Crippen molar-refractivity contribution in [3.63, 3.8) is 0 Å². The number of benzene rings is 2. The number of nitrogens with zero attached hydrogens (tertiary/aromatic N) is 1. The number of ether oxygens (including phenoxy) is 1. The lowest BCUT2D eigenvalue weighted by atomic mass is 9.99. The van der Waals surface area contributed by atoms with Gasteiger partial charge in [-0.25, -0.2) is 4.39 Å². The molecule has 26 heavy (non-hydrogen) atoms. The molecule has 0 spiro atoms. The van der Waals surface area contributed by atoms with Crippen molar-refractivity contribution in [2.45, 2.75) is 26.3 Å². The van der Waals surface area contributed by atoms with Crippen LogP contribution in [0, 0.1) is 5.82 Å². The first-order valence-electron chi connectivity index (χ1n) is 8.63. The molecule has 0 aromatic heterocycles. The van der Waals surface area contributed by atoms with E-state index in [1.54, 1.807) is 12.1 Å². The summed E-state index contributed by atoms with van der Waals surface area (Å²) in [4.78, 5) is 25.8. The standard InChI is InChI=1S/C20H21FN2O3/c1-2-20(25)23-10-9-14-7-8-16(11-15(14)12-23)22-19(24)13-26-18-6-4-3-5-17(18)21/h3-8,11H,2,9-10,12-13H2,1H3,(H,22,24). The van der Waals surface area contributed by atoms with E-state index in [-0.39, 0.29) is 24.2 Å². The second kappa shape index (κ2) is 7.99. The molecule has 2 aromatic rings. The number of carbonyl (C=O) groups is 2. The molecule has 0 radical (unpaired) electrons. The normalized spacial score (nSPS) is 13.1. The van der Waals surface area contributed by atoms with E-state index >= 15 is 0 Å². The molecule has 0 fully saturated rings. The number of hydrogen-bond acceptors (Lipinski definition) is 3. The van der Waals surface area contributed by atoms with Gasteiger partial charge in [-0.05, 0) is 41.8 Å². The van der Waals surface area contributed by atoms with Crippen molar-refractivity contribution in [1.82, 2.24) is 4.90 Å². The maximum Gasteiger partial charge on any atom is 0.262 e. The topological polar surface area (TPSA) is 58.6 Å². The summed E-state index contributed by atoms with van der Waals surface area (Å²) in [5.74, 6) is -0.703. The van der Waals surface area contributed by atoms with Gasteiger partial charge in [0, 0.05) is 25.2 Å². The molecule has 1 heterocycles. The first-order chi connectivity index (χ1) is 12.6. The maximum absolute atomic E-state index is 13.5. The van der Waals surface area contributed by atoms with E-state index in [0.29, 0.717) is 18.7 Å². The van der Waals surface area contributed by atoms with Crippen LogP contribution in [0.2, 0.25) is 0 Å². The molecule has 2 amide bonds. The number of rotatable bonds is 5. The monoisotopic (exact) mass is 356 g/mol. The van der Waals surface area contributed by atoms with Gasteiger partial charge in [-0.3, -0.25) is 9.59 Å². The Morgan fingerprint density at radius 2 is 2.00 bits per heavy atom. The van der Waals surface area contributed by atoms with E-state index in [1.165, 1.54) is 17.7 Å². The number of fused-ring (bicyclic) bond motifs is 1. The lowest BCUT2D eigenvalue weighted by Gasteiger charge is -2.29. The summed E-state index contributed by atoms with van der Waals surface area (Å²) in [5, 5.41) is 2.75. The van der Waals surface area contributed by atoms with Gasteiger partial charge >= 0.3 is 0 Å². The van der Waals surface area contributed by atoms with E-state index in [4.69, 9.17) is 4.74 Å². The van der Waals surface area contributed by atoms with Crippen LogP contribution < -0.4 is 10.1 Å². The molecule has 0 aliphatic carbocycles. The maximum atomic E-state index is 13.5. The molecular formula is C20H21FN2O3. The van der Waals surface area contributed by atoms with Crippen molar-refractivity contribution >= 4 is 17.5 Å². The molecule has 1 aliphatic heterocycles. The zero-order chi connectivity index (χ0) is 18.5. The molecule has 0 saturated heterocycles. The predicted octanol–water partition coefficient (Wildman–Crippen LogP) is 3.14. The lowest BCUT2D eigenvalue weighted by Crippen LogP contribution is -2.35. The summed E-state index contributed by atoms with van der Waals surface area (Å²) in [6.07, 6.45) is 1.30. The first kappa shape index (κ1) is 17.9. The van der Waals surface area contributed by atoms with E-state index in [2.05, 4.69) is 5.32 Å². The zero-order valence-electron chi connectivity index (χ0n) is 14.6. The Hall–Kier alpha value is -2.89. The lowest BCUT2D eigenvalue weighted by molar-refractivity contribution is -0.131. The van der Waals surface area contributed by atoms with Crippen LogP contribution in [0.4, 0.5) is 10.1 Å². The Morgan fingerprint density at radius 1 is 1.19 bits per heavy atom. The number of hydrogen-bond donors (Lipinski definition) is 1. The molecule has 0 saturated carbocycles. The van der Waals surface area contributed by atoms with Gasteiger partial charge in [0.05, 0.1) is 0 Å². The zero-order valence-corrected chi connectivity index (χ0v) is 14.6. The molecule has 1 aliphatic rings. The third-order valence-electron chi connectivity index (χ3n) is 4.35. The highest BCUT2D eigenvalue weighted by atomic mass is 19.1. The molecule has 3 rings (SSSR count). The molecule has 1 N–H and O–H groups in total. The van der Waals surface area contributed by atoms with Gasteiger partial charge in [0.25, 0.3) is 5.91 Å². The van der Waals surface area contributed by atoms with Crippen LogP contribution in [0.1, 0.15) is 24.5 Å². The summed E-state index contributed by atoms with van der Waals surface area (Å²) in [5.41, 5.74) is 2.85. The van der Waals surface area contributed by atoms with Crippen molar-refractivity contribution in [2.75, 3.05) is 18.5 Å². The van der Waals surface area contributed by atoms with Gasteiger partial charge in [0.2, 0.25) is 5.91 Å². The van der Waals surface area contributed by atoms with Crippen LogP contribution in [0.5, 0.6) is 5.75 Å². The van der Waals surface area contributed by atoms with E-state index in [0.717, 1.165) is 18.5 Å². The number of nitrogens with one attached hydrogen (secondary N) is 1. The second-order valence-electron chi connectivity index (χ2n) is 6.17. The van der Waals surface area contributed by atoms with E-state index < -0.39 is 5.82 Å². The van der Waals surface area contributed by atoms with Crippen molar-refractivity contribution in [2.24, 2.45) is 0 Å². The minimum absolute atomic E-state index is 0.0433. The van der Waals surface area contributed by atoms with Gasteiger partial charge in [-0.15, -0.1) is 0 Å². The number of anilines is 1. The van der Waals surface area contributed by atoms with Crippen LogP contribution in [-0.2, 0) is 22.6 Å². The third-order valence-corrected chi connectivity index (χ3v) is 4.35. The van der Waals surface area contributed by atoms with Crippen molar-refractivity contribution < 1.29 is 18.7 Å². The van der Waals surface area contributed by atoms with Crippen LogP contribution >= 0.6 is 0 Å². The smallest absolute Gasteiger partial charge is 0.262 e. The van der Waals surface area contributed by atoms with Crippen LogP contribution in [0.3, 0.4) is 0 Å². The number of carbonyl (C=O) groups excluding carboxylic acids is 2. The Labute approximate surface area is 151 Å². The molecular weight excluding hydrogens is 335 g/mol. The SMILES string of the molecule is CCC(=O)N1CCc2ccc(NC(=O)COc3ccccc3F)cc2C1. The van der Waals surface area contributed by atoms with Crippen molar-refractivity contribution in [1.29, 1.82) is 0 Å². The first-order valence-corrected chi connectivity index (χ1v) is 8.63. The highest BCUT2D eigenvalue weighted by molar-refractivity contribution is 5.92. The third kappa shape index (κ3) is 4.20. The summed E-state index contributed by atoms with van der Waals surface area (Å²) in [6.45, 7) is 2.85.